The number of aliphatic imine (C=N–C) groups is 1. The number of pyridine rings is 2. The molecule has 2 aromatic carbocycles. The fourth-order valence-electron chi connectivity index (χ4n) is 3.77. The predicted molar refractivity (Wildman–Crippen MR) is 132 cm³/mol. The van der Waals surface area contributed by atoms with E-state index in [1.807, 2.05) is 61.5 Å². The second-order valence-electron chi connectivity index (χ2n) is 7.77. The number of aryl methyl sites for hydroxylation is 1. The summed E-state index contributed by atoms with van der Waals surface area (Å²) in [6, 6.07) is 21.8. The molecule has 1 N–H and O–H groups in total. The third-order valence-corrected chi connectivity index (χ3v) is 6.64. The molecule has 6 heteroatoms. The molecular formula is C27H22N4OS. The summed E-state index contributed by atoms with van der Waals surface area (Å²) in [7, 11) is 0. The van der Waals surface area contributed by atoms with E-state index in [9.17, 15) is 4.79 Å². The lowest BCUT2D eigenvalue weighted by molar-refractivity contribution is 0.0954. The molecule has 1 amide bonds. The lowest BCUT2D eigenvalue weighted by Crippen LogP contribution is -2.25. The van der Waals surface area contributed by atoms with E-state index in [1.54, 1.807) is 30.4 Å². The Kier molecular flexibility index (Phi) is 6.00. The number of hydrogen-bond acceptors (Lipinski definition) is 5. The van der Waals surface area contributed by atoms with Gasteiger partial charge in [-0.1, -0.05) is 36.0 Å². The van der Waals surface area contributed by atoms with Crippen molar-refractivity contribution < 1.29 is 4.79 Å². The number of nitrogens with zero attached hydrogens (tertiary/aromatic N) is 3. The maximum atomic E-state index is 12.8. The Morgan fingerprint density at radius 2 is 1.79 bits per heavy atom. The number of carbonyl (C=O) groups excluding carboxylic acids is 1. The van der Waals surface area contributed by atoms with Crippen molar-refractivity contribution >= 4 is 29.1 Å². The van der Waals surface area contributed by atoms with Crippen LogP contribution in [0.2, 0.25) is 0 Å². The molecule has 2 aromatic heterocycles. The first-order valence-electron chi connectivity index (χ1n) is 10.8. The molecular weight excluding hydrogens is 428 g/mol. The molecule has 0 saturated heterocycles. The second kappa shape index (κ2) is 9.38. The van der Waals surface area contributed by atoms with Crippen molar-refractivity contribution in [3.63, 3.8) is 0 Å². The smallest absolute Gasteiger partial charge is 0.251 e. The van der Waals surface area contributed by atoms with Crippen LogP contribution in [0.1, 0.15) is 32.7 Å². The van der Waals surface area contributed by atoms with Crippen molar-refractivity contribution in [3.05, 3.63) is 113 Å². The topological polar surface area (TPSA) is 67.2 Å². The number of hydrogen-bond donors (Lipinski definition) is 1. The van der Waals surface area contributed by atoms with Crippen LogP contribution in [-0.2, 0) is 6.42 Å². The highest BCUT2D eigenvalue weighted by Gasteiger charge is 2.21. The average Bonchev–Trinajstić information content (AvgIpc) is 3.01. The van der Waals surface area contributed by atoms with Crippen LogP contribution in [-0.4, -0.2) is 28.1 Å². The molecule has 0 spiro atoms. The fourth-order valence-corrected chi connectivity index (χ4v) is 4.77. The van der Waals surface area contributed by atoms with E-state index in [-0.39, 0.29) is 5.91 Å². The van der Waals surface area contributed by atoms with Crippen molar-refractivity contribution in [1.82, 2.24) is 15.3 Å². The molecule has 33 heavy (non-hydrogen) atoms. The Hall–Kier alpha value is -3.77. The Labute approximate surface area is 197 Å². The third kappa shape index (κ3) is 4.56. The SMILES string of the molecule is Cc1cccnc1C1=Nc2cc(C(=O)NCCc3ccncc3)ccc2Sc2ccccc21. The van der Waals surface area contributed by atoms with Crippen LogP contribution < -0.4 is 5.32 Å². The molecule has 0 aliphatic carbocycles. The summed E-state index contributed by atoms with van der Waals surface area (Å²) >= 11 is 1.66. The lowest BCUT2D eigenvalue weighted by Gasteiger charge is -2.10. The quantitative estimate of drug-likeness (QED) is 0.390. The minimum absolute atomic E-state index is 0.107. The van der Waals surface area contributed by atoms with Gasteiger partial charge in [0.05, 0.1) is 17.1 Å². The van der Waals surface area contributed by atoms with Gasteiger partial charge < -0.3 is 5.32 Å². The lowest BCUT2D eigenvalue weighted by atomic mass is 10.0. The Bertz CT molecular complexity index is 1350. The van der Waals surface area contributed by atoms with E-state index >= 15 is 0 Å². The van der Waals surface area contributed by atoms with E-state index in [1.165, 1.54) is 0 Å². The molecule has 1 aliphatic rings. The fraction of sp³-hybridized carbons (Fsp3) is 0.111. The first-order chi connectivity index (χ1) is 16.2. The van der Waals surface area contributed by atoms with Crippen LogP contribution >= 0.6 is 11.8 Å². The van der Waals surface area contributed by atoms with E-state index in [0.29, 0.717) is 12.1 Å². The summed E-state index contributed by atoms with van der Waals surface area (Å²) in [5.41, 5.74) is 6.29. The maximum absolute atomic E-state index is 12.8. The van der Waals surface area contributed by atoms with Gasteiger partial charge in [0.2, 0.25) is 0 Å². The van der Waals surface area contributed by atoms with Gasteiger partial charge >= 0.3 is 0 Å². The minimum Gasteiger partial charge on any atom is -0.352 e. The molecule has 0 saturated carbocycles. The molecule has 5 rings (SSSR count). The van der Waals surface area contributed by atoms with Gasteiger partial charge in [0.15, 0.2) is 0 Å². The minimum atomic E-state index is -0.107. The van der Waals surface area contributed by atoms with Crippen LogP contribution in [0, 0.1) is 6.92 Å². The van der Waals surface area contributed by atoms with Crippen molar-refractivity contribution in [2.45, 2.75) is 23.1 Å². The van der Waals surface area contributed by atoms with Crippen molar-refractivity contribution in [2.75, 3.05) is 6.54 Å². The zero-order valence-corrected chi connectivity index (χ0v) is 19.0. The van der Waals surface area contributed by atoms with Crippen LogP contribution in [0.25, 0.3) is 0 Å². The summed E-state index contributed by atoms with van der Waals surface area (Å²) in [5.74, 6) is -0.107. The number of aromatic nitrogens is 2. The number of amides is 1. The van der Waals surface area contributed by atoms with Gasteiger partial charge in [-0.2, -0.15) is 0 Å². The highest BCUT2D eigenvalue weighted by atomic mass is 32.2. The number of rotatable bonds is 5. The average molecular weight is 451 g/mol. The van der Waals surface area contributed by atoms with Gasteiger partial charge in [-0.05, 0) is 66.9 Å². The number of nitrogens with one attached hydrogen (secondary N) is 1. The van der Waals surface area contributed by atoms with Gasteiger partial charge in [-0.25, -0.2) is 4.99 Å². The van der Waals surface area contributed by atoms with Crippen LogP contribution in [0.4, 0.5) is 5.69 Å². The summed E-state index contributed by atoms with van der Waals surface area (Å²) in [6.07, 6.45) is 6.07. The zero-order valence-electron chi connectivity index (χ0n) is 18.2. The molecule has 0 atom stereocenters. The highest BCUT2D eigenvalue weighted by molar-refractivity contribution is 7.99. The standard InChI is InChI=1S/C27H22N4OS/c1-18-5-4-13-29-25(18)26-21-6-2-3-7-23(21)33-24-9-8-20(17-22(24)31-26)27(32)30-16-12-19-10-14-28-15-11-19/h2-11,13-15,17H,12,16H2,1H3,(H,30,32). The van der Waals surface area contributed by atoms with Gasteiger partial charge in [-0.15, -0.1) is 0 Å². The van der Waals surface area contributed by atoms with Crippen molar-refractivity contribution in [3.8, 4) is 0 Å². The number of fused-ring (bicyclic) bond motifs is 2. The molecule has 3 heterocycles. The van der Waals surface area contributed by atoms with E-state index < -0.39 is 0 Å². The summed E-state index contributed by atoms with van der Waals surface area (Å²) < 4.78 is 0. The monoisotopic (exact) mass is 450 g/mol. The summed E-state index contributed by atoms with van der Waals surface area (Å²) in [4.78, 5) is 28.6. The van der Waals surface area contributed by atoms with Crippen LogP contribution in [0.5, 0.6) is 0 Å². The molecule has 0 fully saturated rings. The number of benzene rings is 2. The van der Waals surface area contributed by atoms with Crippen molar-refractivity contribution in [1.29, 1.82) is 0 Å². The predicted octanol–water partition coefficient (Wildman–Crippen LogP) is 5.39. The maximum Gasteiger partial charge on any atom is 0.251 e. The second-order valence-corrected chi connectivity index (χ2v) is 8.86. The number of carbonyl (C=O) groups is 1. The molecule has 0 radical (unpaired) electrons. The summed E-state index contributed by atoms with van der Waals surface area (Å²) in [6.45, 7) is 2.60. The zero-order chi connectivity index (χ0) is 22.6. The molecule has 162 valence electrons. The molecule has 0 bridgehead atoms. The van der Waals surface area contributed by atoms with Gasteiger partial charge in [-0.3, -0.25) is 14.8 Å². The summed E-state index contributed by atoms with van der Waals surface area (Å²) in [5, 5.41) is 3.01. The molecule has 5 nitrogen and oxygen atoms in total. The van der Waals surface area contributed by atoms with E-state index in [0.717, 1.165) is 50.0 Å². The Balaban J connectivity index is 1.46. The van der Waals surface area contributed by atoms with E-state index in [4.69, 9.17) is 4.99 Å². The van der Waals surface area contributed by atoms with Crippen molar-refractivity contribution in [2.24, 2.45) is 4.99 Å². The van der Waals surface area contributed by atoms with Crippen LogP contribution in [0.15, 0.2) is 100 Å². The normalized spacial score (nSPS) is 12.2. The highest BCUT2D eigenvalue weighted by Crippen LogP contribution is 2.41. The van der Waals surface area contributed by atoms with Crippen LogP contribution in [0.3, 0.4) is 0 Å². The van der Waals surface area contributed by atoms with E-state index in [2.05, 4.69) is 27.4 Å². The third-order valence-electron chi connectivity index (χ3n) is 5.50. The van der Waals surface area contributed by atoms with Gasteiger partial charge in [0.1, 0.15) is 0 Å². The molecule has 1 aliphatic heterocycles. The first kappa shape index (κ1) is 21.1. The first-order valence-corrected chi connectivity index (χ1v) is 11.6. The molecule has 0 unspecified atom stereocenters. The van der Waals surface area contributed by atoms with Gasteiger partial charge in [0, 0.05) is 46.1 Å². The largest absolute Gasteiger partial charge is 0.352 e. The Morgan fingerprint density at radius 3 is 2.64 bits per heavy atom. The van der Waals surface area contributed by atoms with Gasteiger partial charge in [0.25, 0.3) is 5.91 Å². The molecule has 4 aromatic rings. The Morgan fingerprint density at radius 1 is 0.939 bits per heavy atom.